The summed E-state index contributed by atoms with van der Waals surface area (Å²) in [6.07, 6.45) is 7.83. The van der Waals surface area contributed by atoms with E-state index in [0.29, 0.717) is 6.04 Å². The standard InChI is InChI=1S/C8H12N2/c1-3-7-8(9-5-1)4-2-6-10-7/h1,3-4,7,9-10H,2,5-6H2. The lowest BCUT2D eigenvalue weighted by atomic mass is 10.1. The van der Waals surface area contributed by atoms with Gasteiger partial charge < -0.3 is 10.6 Å². The van der Waals surface area contributed by atoms with Crippen molar-refractivity contribution in [2.24, 2.45) is 0 Å². The molecule has 0 aliphatic carbocycles. The third kappa shape index (κ3) is 0.948. The van der Waals surface area contributed by atoms with Crippen molar-refractivity contribution >= 4 is 0 Å². The van der Waals surface area contributed by atoms with Crippen molar-refractivity contribution in [1.29, 1.82) is 0 Å². The van der Waals surface area contributed by atoms with Gasteiger partial charge in [-0.05, 0) is 13.0 Å². The van der Waals surface area contributed by atoms with Crippen LogP contribution in [0.3, 0.4) is 0 Å². The SMILES string of the molecule is C1=CC2NCCC=C2NC1. The summed E-state index contributed by atoms with van der Waals surface area (Å²) in [4.78, 5) is 0. The van der Waals surface area contributed by atoms with Crippen LogP contribution >= 0.6 is 0 Å². The Kier molecular flexibility index (Phi) is 1.47. The van der Waals surface area contributed by atoms with E-state index < -0.39 is 0 Å². The second-order valence-corrected chi connectivity index (χ2v) is 2.69. The van der Waals surface area contributed by atoms with Crippen LogP contribution in [0, 0.1) is 0 Å². The van der Waals surface area contributed by atoms with Crippen molar-refractivity contribution in [2.45, 2.75) is 12.5 Å². The summed E-state index contributed by atoms with van der Waals surface area (Å²) in [7, 11) is 0. The van der Waals surface area contributed by atoms with Gasteiger partial charge in [-0.3, -0.25) is 0 Å². The Morgan fingerprint density at radius 1 is 1.50 bits per heavy atom. The first kappa shape index (κ1) is 5.98. The van der Waals surface area contributed by atoms with Gasteiger partial charge in [0.15, 0.2) is 0 Å². The summed E-state index contributed by atoms with van der Waals surface area (Å²) in [6.45, 7) is 2.10. The molecule has 0 spiro atoms. The van der Waals surface area contributed by atoms with Crippen LogP contribution in [0.5, 0.6) is 0 Å². The molecular weight excluding hydrogens is 124 g/mol. The van der Waals surface area contributed by atoms with Crippen molar-refractivity contribution in [3.05, 3.63) is 23.9 Å². The van der Waals surface area contributed by atoms with Gasteiger partial charge in [0.25, 0.3) is 0 Å². The molecule has 2 aliphatic heterocycles. The molecule has 0 amide bonds. The van der Waals surface area contributed by atoms with Crippen LogP contribution in [0.25, 0.3) is 0 Å². The third-order valence-electron chi connectivity index (χ3n) is 1.96. The summed E-state index contributed by atoms with van der Waals surface area (Å²) in [5.74, 6) is 0. The predicted octanol–water partition coefficient (Wildman–Crippen LogP) is 0.392. The van der Waals surface area contributed by atoms with Gasteiger partial charge in [0.1, 0.15) is 0 Å². The van der Waals surface area contributed by atoms with Gasteiger partial charge in [0.05, 0.1) is 6.04 Å². The van der Waals surface area contributed by atoms with Gasteiger partial charge in [-0.25, -0.2) is 0 Å². The van der Waals surface area contributed by atoms with Gasteiger partial charge in [0.2, 0.25) is 0 Å². The summed E-state index contributed by atoms with van der Waals surface area (Å²) in [5.41, 5.74) is 1.36. The molecule has 2 heterocycles. The maximum absolute atomic E-state index is 3.40. The normalized spacial score (nSPS) is 30.4. The highest BCUT2D eigenvalue weighted by molar-refractivity contribution is 5.23. The molecule has 0 radical (unpaired) electrons. The van der Waals surface area contributed by atoms with E-state index in [2.05, 4.69) is 28.9 Å². The summed E-state index contributed by atoms with van der Waals surface area (Å²) < 4.78 is 0. The fourth-order valence-electron chi connectivity index (χ4n) is 1.44. The first-order valence-electron chi connectivity index (χ1n) is 3.81. The van der Waals surface area contributed by atoms with E-state index in [1.54, 1.807) is 0 Å². The molecule has 0 aromatic heterocycles. The fraction of sp³-hybridized carbons (Fsp3) is 0.500. The van der Waals surface area contributed by atoms with Crippen molar-refractivity contribution in [3.8, 4) is 0 Å². The van der Waals surface area contributed by atoms with Crippen molar-refractivity contribution in [1.82, 2.24) is 10.6 Å². The smallest absolute Gasteiger partial charge is 0.0653 e. The highest BCUT2D eigenvalue weighted by Gasteiger charge is 2.15. The molecule has 2 nitrogen and oxygen atoms in total. The van der Waals surface area contributed by atoms with Gasteiger partial charge in [-0.2, -0.15) is 0 Å². The van der Waals surface area contributed by atoms with E-state index in [1.165, 1.54) is 5.70 Å². The molecule has 0 fully saturated rings. The summed E-state index contributed by atoms with van der Waals surface area (Å²) >= 11 is 0. The molecular formula is C8H12N2. The first-order chi connectivity index (χ1) is 4.97. The number of hydrogen-bond acceptors (Lipinski definition) is 2. The number of nitrogens with one attached hydrogen (secondary N) is 2. The van der Waals surface area contributed by atoms with Gasteiger partial charge in [-0.1, -0.05) is 18.2 Å². The largest absolute Gasteiger partial charge is 0.384 e. The van der Waals surface area contributed by atoms with Crippen LogP contribution in [-0.2, 0) is 0 Å². The topological polar surface area (TPSA) is 24.1 Å². The van der Waals surface area contributed by atoms with E-state index in [-0.39, 0.29) is 0 Å². The average molecular weight is 136 g/mol. The van der Waals surface area contributed by atoms with Crippen LogP contribution < -0.4 is 10.6 Å². The van der Waals surface area contributed by atoms with Crippen molar-refractivity contribution in [3.63, 3.8) is 0 Å². The Balaban J connectivity index is 2.20. The van der Waals surface area contributed by atoms with Crippen molar-refractivity contribution in [2.75, 3.05) is 13.1 Å². The Labute approximate surface area is 61.0 Å². The quantitative estimate of drug-likeness (QED) is 0.471. The molecule has 0 aromatic carbocycles. The zero-order valence-electron chi connectivity index (χ0n) is 5.93. The second-order valence-electron chi connectivity index (χ2n) is 2.69. The minimum Gasteiger partial charge on any atom is -0.384 e. The second kappa shape index (κ2) is 2.46. The third-order valence-corrected chi connectivity index (χ3v) is 1.96. The van der Waals surface area contributed by atoms with Crippen LogP contribution in [0.2, 0.25) is 0 Å². The zero-order chi connectivity index (χ0) is 6.81. The molecule has 2 heteroatoms. The number of rotatable bonds is 0. The summed E-state index contributed by atoms with van der Waals surface area (Å²) in [5, 5.41) is 6.74. The van der Waals surface area contributed by atoms with Crippen LogP contribution in [0.1, 0.15) is 6.42 Å². The number of hydrogen-bond donors (Lipinski definition) is 2. The van der Waals surface area contributed by atoms with Gasteiger partial charge >= 0.3 is 0 Å². The Morgan fingerprint density at radius 2 is 2.50 bits per heavy atom. The van der Waals surface area contributed by atoms with Crippen LogP contribution in [-0.4, -0.2) is 19.1 Å². The minimum absolute atomic E-state index is 0.475. The van der Waals surface area contributed by atoms with Gasteiger partial charge in [0, 0.05) is 12.2 Å². The van der Waals surface area contributed by atoms with E-state index in [9.17, 15) is 0 Å². The maximum Gasteiger partial charge on any atom is 0.0653 e. The van der Waals surface area contributed by atoms with E-state index in [0.717, 1.165) is 19.5 Å². The minimum atomic E-state index is 0.475. The lowest BCUT2D eigenvalue weighted by molar-refractivity contribution is 0.573. The molecule has 2 rings (SSSR count). The molecule has 54 valence electrons. The average Bonchev–Trinajstić information content (AvgIpc) is 2.05. The Hall–Kier alpha value is -0.760. The molecule has 0 saturated carbocycles. The molecule has 0 aromatic rings. The lowest BCUT2D eigenvalue weighted by Crippen LogP contribution is -2.41. The van der Waals surface area contributed by atoms with Crippen LogP contribution in [0.15, 0.2) is 23.9 Å². The highest BCUT2D eigenvalue weighted by atomic mass is 15.0. The van der Waals surface area contributed by atoms with E-state index in [4.69, 9.17) is 0 Å². The lowest BCUT2D eigenvalue weighted by Gasteiger charge is -2.26. The first-order valence-corrected chi connectivity index (χ1v) is 3.81. The molecule has 1 unspecified atom stereocenters. The Morgan fingerprint density at radius 3 is 3.40 bits per heavy atom. The van der Waals surface area contributed by atoms with E-state index >= 15 is 0 Å². The molecule has 0 bridgehead atoms. The summed E-state index contributed by atoms with van der Waals surface area (Å²) in [6, 6.07) is 0.475. The predicted molar refractivity (Wildman–Crippen MR) is 41.6 cm³/mol. The molecule has 2 N–H and O–H groups in total. The monoisotopic (exact) mass is 136 g/mol. The maximum atomic E-state index is 3.40. The van der Waals surface area contributed by atoms with Gasteiger partial charge in [-0.15, -0.1) is 0 Å². The molecule has 1 atom stereocenters. The fourth-order valence-corrected chi connectivity index (χ4v) is 1.44. The number of fused-ring (bicyclic) bond motifs is 1. The van der Waals surface area contributed by atoms with Crippen molar-refractivity contribution < 1.29 is 0 Å². The van der Waals surface area contributed by atoms with Crippen LogP contribution in [0.4, 0.5) is 0 Å². The molecule has 0 saturated heterocycles. The van der Waals surface area contributed by atoms with E-state index in [1.807, 2.05) is 0 Å². The zero-order valence-corrected chi connectivity index (χ0v) is 5.93. The Bertz CT molecular complexity index is 182. The molecule has 10 heavy (non-hydrogen) atoms. The molecule has 2 aliphatic rings. The highest BCUT2D eigenvalue weighted by Crippen LogP contribution is 2.09.